The number of piperidine rings is 1. The van der Waals surface area contributed by atoms with Gasteiger partial charge in [0.25, 0.3) is 0 Å². The summed E-state index contributed by atoms with van der Waals surface area (Å²) in [6.45, 7) is 3.43. The number of nitrogens with zero attached hydrogens (tertiary/aromatic N) is 1. The van der Waals surface area contributed by atoms with Crippen LogP contribution in [0.15, 0.2) is 24.3 Å². The molecule has 0 aromatic heterocycles. The van der Waals surface area contributed by atoms with Gasteiger partial charge in [0.2, 0.25) is 5.91 Å². The Morgan fingerprint density at radius 3 is 2.50 bits per heavy atom. The highest BCUT2D eigenvalue weighted by molar-refractivity contribution is 5.98. The molecule has 1 aromatic rings. The maximum Gasteiger partial charge on any atom is 0.223 e. The van der Waals surface area contributed by atoms with Gasteiger partial charge in [-0.05, 0) is 43.0 Å². The number of carbonyl (C=O) groups is 2. The van der Waals surface area contributed by atoms with E-state index in [1.54, 1.807) is 31.4 Å². The van der Waals surface area contributed by atoms with Crippen LogP contribution in [0.3, 0.4) is 0 Å². The van der Waals surface area contributed by atoms with E-state index in [1.807, 2.05) is 4.90 Å². The molecule has 2 rings (SSSR count). The van der Waals surface area contributed by atoms with E-state index in [2.05, 4.69) is 6.92 Å². The SMILES string of the molecule is COc1ccc(C(=O)CCC(=O)N2CCC(C)CC2CN)cc1.Cl. The molecule has 0 spiro atoms. The predicted octanol–water partition coefficient (Wildman–Crippen LogP) is 2.67. The van der Waals surface area contributed by atoms with Crippen LogP contribution in [0.2, 0.25) is 0 Å². The summed E-state index contributed by atoms with van der Waals surface area (Å²) in [7, 11) is 1.59. The average molecular weight is 355 g/mol. The molecule has 2 unspecified atom stereocenters. The molecule has 1 saturated heterocycles. The predicted molar refractivity (Wildman–Crippen MR) is 96.8 cm³/mol. The minimum Gasteiger partial charge on any atom is -0.497 e. The van der Waals surface area contributed by atoms with E-state index in [0.717, 1.165) is 19.4 Å². The zero-order valence-corrected chi connectivity index (χ0v) is 15.2. The number of ketones is 1. The zero-order chi connectivity index (χ0) is 16.8. The van der Waals surface area contributed by atoms with Gasteiger partial charge < -0.3 is 15.4 Å². The van der Waals surface area contributed by atoms with Gasteiger partial charge in [0.15, 0.2) is 5.78 Å². The number of ether oxygens (including phenoxy) is 1. The van der Waals surface area contributed by atoms with Gasteiger partial charge in [-0.3, -0.25) is 9.59 Å². The number of hydrogen-bond donors (Lipinski definition) is 1. The molecule has 1 aliphatic heterocycles. The van der Waals surface area contributed by atoms with Crippen molar-refractivity contribution in [1.82, 2.24) is 4.90 Å². The van der Waals surface area contributed by atoms with Crippen molar-refractivity contribution in [3.05, 3.63) is 29.8 Å². The van der Waals surface area contributed by atoms with Crippen molar-refractivity contribution in [2.45, 2.75) is 38.6 Å². The molecule has 5 nitrogen and oxygen atoms in total. The van der Waals surface area contributed by atoms with Crippen LogP contribution >= 0.6 is 12.4 Å². The van der Waals surface area contributed by atoms with E-state index in [9.17, 15) is 9.59 Å². The minimum absolute atomic E-state index is 0. The molecule has 0 aliphatic carbocycles. The summed E-state index contributed by atoms with van der Waals surface area (Å²) in [4.78, 5) is 26.5. The van der Waals surface area contributed by atoms with Crippen molar-refractivity contribution in [3.8, 4) is 5.75 Å². The monoisotopic (exact) mass is 354 g/mol. The first-order valence-electron chi connectivity index (χ1n) is 8.22. The van der Waals surface area contributed by atoms with E-state index in [1.165, 1.54) is 0 Å². The third kappa shape index (κ3) is 5.21. The Hall–Kier alpha value is -1.59. The van der Waals surface area contributed by atoms with Gasteiger partial charge in [-0.2, -0.15) is 0 Å². The van der Waals surface area contributed by atoms with Crippen molar-refractivity contribution in [1.29, 1.82) is 0 Å². The second kappa shape index (κ2) is 9.64. The summed E-state index contributed by atoms with van der Waals surface area (Å²) in [6, 6.07) is 7.09. The molecule has 134 valence electrons. The lowest BCUT2D eigenvalue weighted by atomic mass is 9.92. The second-order valence-corrected chi connectivity index (χ2v) is 6.26. The highest BCUT2D eigenvalue weighted by Gasteiger charge is 2.28. The Morgan fingerprint density at radius 2 is 1.92 bits per heavy atom. The smallest absolute Gasteiger partial charge is 0.223 e. The number of amides is 1. The Labute approximate surface area is 149 Å². The largest absolute Gasteiger partial charge is 0.497 e. The third-order valence-corrected chi connectivity index (χ3v) is 4.55. The normalized spacial score (nSPS) is 20.2. The zero-order valence-electron chi connectivity index (χ0n) is 14.4. The lowest BCUT2D eigenvalue weighted by molar-refractivity contribution is -0.135. The lowest BCUT2D eigenvalue weighted by Gasteiger charge is -2.38. The Kier molecular flexibility index (Phi) is 8.22. The van der Waals surface area contributed by atoms with Gasteiger partial charge in [0.05, 0.1) is 7.11 Å². The summed E-state index contributed by atoms with van der Waals surface area (Å²) >= 11 is 0. The second-order valence-electron chi connectivity index (χ2n) is 6.26. The van der Waals surface area contributed by atoms with Crippen LogP contribution in [0.1, 0.15) is 43.0 Å². The fraction of sp³-hybridized carbons (Fsp3) is 0.556. The molecule has 2 atom stereocenters. The molecule has 6 heteroatoms. The number of methoxy groups -OCH3 is 1. The first-order chi connectivity index (χ1) is 11.0. The number of nitrogens with two attached hydrogens (primary N) is 1. The molecule has 1 fully saturated rings. The quantitative estimate of drug-likeness (QED) is 0.797. The van der Waals surface area contributed by atoms with Crippen LogP contribution in [0.4, 0.5) is 0 Å². The van der Waals surface area contributed by atoms with Gasteiger partial charge in [-0.15, -0.1) is 12.4 Å². The standard InChI is InChI=1S/C18H26N2O3.ClH/c1-13-9-10-20(15(11-13)12-19)18(22)8-7-17(21)14-3-5-16(23-2)6-4-14;/h3-6,13,15H,7-12,19H2,1-2H3;1H. The molecule has 2 N–H and O–H groups in total. The molecule has 0 radical (unpaired) electrons. The van der Waals surface area contributed by atoms with Gasteiger partial charge in [-0.25, -0.2) is 0 Å². The lowest BCUT2D eigenvalue weighted by Crippen LogP contribution is -2.49. The number of rotatable bonds is 6. The van der Waals surface area contributed by atoms with Crippen LogP contribution in [-0.2, 0) is 4.79 Å². The number of likely N-dealkylation sites (tertiary alicyclic amines) is 1. The Bertz CT molecular complexity index is 548. The molecule has 1 heterocycles. The third-order valence-electron chi connectivity index (χ3n) is 4.55. The first kappa shape index (κ1) is 20.5. The van der Waals surface area contributed by atoms with E-state index >= 15 is 0 Å². The van der Waals surface area contributed by atoms with Gasteiger partial charge in [0, 0.05) is 37.5 Å². The summed E-state index contributed by atoms with van der Waals surface area (Å²) in [5.74, 6) is 1.34. The number of benzene rings is 1. The average Bonchev–Trinajstić information content (AvgIpc) is 2.59. The van der Waals surface area contributed by atoms with Gasteiger partial charge >= 0.3 is 0 Å². The molecule has 1 amide bonds. The van der Waals surface area contributed by atoms with Crippen LogP contribution in [0.5, 0.6) is 5.75 Å². The number of Topliss-reactive ketones (excluding diaryl/α,β-unsaturated/α-hetero) is 1. The number of halogens is 1. The molecular formula is C18H27ClN2O3. The highest BCUT2D eigenvalue weighted by atomic mass is 35.5. The topological polar surface area (TPSA) is 72.6 Å². The van der Waals surface area contributed by atoms with Crippen LogP contribution in [0, 0.1) is 5.92 Å². The first-order valence-corrected chi connectivity index (χ1v) is 8.22. The Balaban J connectivity index is 0.00000288. The molecule has 0 saturated carbocycles. The van der Waals surface area contributed by atoms with Crippen molar-refractivity contribution >= 4 is 24.1 Å². The molecule has 0 bridgehead atoms. The fourth-order valence-corrected chi connectivity index (χ4v) is 3.09. The maximum absolute atomic E-state index is 12.4. The van der Waals surface area contributed by atoms with E-state index < -0.39 is 0 Å². The van der Waals surface area contributed by atoms with Crippen molar-refractivity contribution < 1.29 is 14.3 Å². The fourth-order valence-electron chi connectivity index (χ4n) is 3.09. The summed E-state index contributed by atoms with van der Waals surface area (Å²) < 4.78 is 5.08. The molecule has 1 aliphatic rings. The van der Waals surface area contributed by atoms with Gasteiger partial charge in [0.1, 0.15) is 5.75 Å². The van der Waals surface area contributed by atoms with Gasteiger partial charge in [-0.1, -0.05) is 6.92 Å². The van der Waals surface area contributed by atoms with Crippen molar-refractivity contribution in [2.75, 3.05) is 20.2 Å². The van der Waals surface area contributed by atoms with Crippen molar-refractivity contribution in [2.24, 2.45) is 11.7 Å². The highest BCUT2D eigenvalue weighted by Crippen LogP contribution is 2.23. The minimum atomic E-state index is -0.0179. The molecule has 1 aromatic carbocycles. The van der Waals surface area contributed by atoms with E-state index in [4.69, 9.17) is 10.5 Å². The summed E-state index contributed by atoms with van der Waals surface area (Å²) in [5.41, 5.74) is 6.41. The van der Waals surface area contributed by atoms with E-state index in [-0.39, 0.29) is 43.0 Å². The Morgan fingerprint density at radius 1 is 1.25 bits per heavy atom. The van der Waals surface area contributed by atoms with Crippen LogP contribution in [-0.4, -0.2) is 42.8 Å². The molecular weight excluding hydrogens is 328 g/mol. The van der Waals surface area contributed by atoms with Crippen LogP contribution < -0.4 is 10.5 Å². The summed E-state index contributed by atoms with van der Waals surface area (Å²) in [6.07, 6.45) is 2.44. The number of hydrogen-bond acceptors (Lipinski definition) is 4. The molecule has 24 heavy (non-hydrogen) atoms. The van der Waals surface area contributed by atoms with Crippen molar-refractivity contribution in [3.63, 3.8) is 0 Å². The van der Waals surface area contributed by atoms with E-state index in [0.29, 0.717) is 23.8 Å². The summed E-state index contributed by atoms with van der Waals surface area (Å²) in [5, 5.41) is 0. The number of carbonyl (C=O) groups excluding carboxylic acids is 2. The maximum atomic E-state index is 12.4. The van der Waals surface area contributed by atoms with Crippen LogP contribution in [0.25, 0.3) is 0 Å².